The molecule has 0 unspecified atom stereocenters. The number of thioether (sulfide) groups is 1. The number of nitrogens with one attached hydrogen (secondary N) is 2. The molecule has 4 aliphatic rings. The number of hydrogen-bond acceptors (Lipinski definition) is 14. The van der Waals surface area contributed by atoms with Crippen molar-refractivity contribution in [2.24, 2.45) is 0 Å². The molecule has 16 nitrogen and oxygen atoms in total. The largest absolute Gasteiger partial charge is 0.481 e. The summed E-state index contributed by atoms with van der Waals surface area (Å²) in [6.07, 6.45) is -9.77. The number of rotatable bonds is 10. The normalized spacial score (nSPS) is 43.3. The molecule has 12 atom stereocenters. The number of fused-ring (bicyclic) bond motifs is 1. The standard InChI is InChI=1S/C12H22O11.C10H16N2O3S/c13-1-4-6(16)8(18)9(19)11(21-4)23-12(3-15)10(20)7(17)5(2-14)22-12;13-8(14)4-2-1-3-7-9-6(5-16-7)11-10(15)12-9/h4-11,13-20H,1-3H2;6-7,9H,1-5H2,(H,13,14)(H2,11,12,15)/t4-,5-,6-,7-,8+,9-,10+,11-,12+;6-,7-,9-/m10/s1. The SMILES string of the molecule is O=C(O)CCCC[C@@H]1SC[C@@H]2NC(=O)N[C@@H]21.OC[C@H]1O[C@@](CO)(O[C@H]2O[C@H](CO)[C@@H](O)[C@H](O)[C@H]2O)[C@@H](O)[C@@H]1O. The number of aliphatic carboxylic acids is 1. The van der Waals surface area contributed by atoms with Crippen LogP contribution in [0.15, 0.2) is 0 Å². The van der Waals surface area contributed by atoms with E-state index in [4.69, 9.17) is 29.5 Å². The third kappa shape index (κ3) is 7.30. The monoisotopic (exact) mass is 586 g/mol. The van der Waals surface area contributed by atoms with E-state index in [9.17, 15) is 40.2 Å². The van der Waals surface area contributed by atoms with Crippen molar-refractivity contribution >= 4 is 23.8 Å². The molecule has 2 amide bonds. The summed E-state index contributed by atoms with van der Waals surface area (Å²) >= 11 is 1.87. The van der Waals surface area contributed by atoms with Gasteiger partial charge in [0.05, 0.1) is 25.3 Å². The summed E-state index contributed by atoms with van der Waals surface area (Å²) in [6.45, 7) is -2.32. The van der Waals surface area contributed by atoms with Gasteiger partial charge in [-0.25, -0.2) is 4.79 Å². The molecule has 4 heterocycles. The van der Waals surface area contributed by atoms with E-state index >= 15 is 0 Å². The molecule has 226 valence electrons. The molecule has 11 N–H and O–H groups in total. The van der Waals surface area contributed by atoms with Crippen molar-refractivity contribution in [3.8, 4) is 0 Å². The van der Waals surface area contributed by atoms with Gasteiger partial charge in [-0.15, -0.1) is 0 Å². The molecule has 0 aromatic carbocycles. The summed E-state index contributed by atoms with van der Waals surface area (Å²) in [5.74, 6) is -1.99. The lowest BCUT2D eigenvalue weighted by Gasteiger charge is -2.43. The number of aliphatic hydroxyl groups is 8. The maximum absolute atomic E-state index is 11.1. The zero-order valence-corrected chi connectivity index (χ0v) is 21.8. The van der Waals surface area contributed by atoms with E-state index in [1.165, 1.54) is 0 Å². The second-order valence-corrected chi connectivity index (χ2v) is 11.1. The van der Waals surface area contributed by atoms with Crippen LogP contribution in [0.1, 0.15) is 25.7 Å². The Kier molecular flexibility index (Phi) is 11.6. The first-order chi connectivity index (χ1) is 18.5. The molecule has 0 aromatic heterocycles. The number of hydrogen-bond donors (Lipinski definition) is 11. The lowest BCUT2D eigenvalue weighted by atomic mass is 9.99. The van der Waals surface area contributed by atoms with Crippen LogP contribution in [0.2, 0.25) is 0 Å². The first-order valence-corrected chi connectivity index (χ1v) is 13.7. The van der Waals surface area contributed by atoms with Gasteiger partial charge in [0, 0.05) is 17.4 Å². The second-order valence-electron chi connectivity index (χ2n) is 9.82. The highest BCUT2D eigenvalue weighted by Gasteiger charge is 2.58. The van der Waals surface area contributed by atoms with Gasteiger partial charge in [-0.3, -0.25) is 4.79 Å². The highest BCUT2D eigenvalue weighted by Crippen LogP contribution is 2.36. The second kappa shape index (κ2) is 14.0. The van der Waals surface area contributed by atoms with Crippen molar-refractivity contribution in [2.75, 3.05) is 25.6 Å². The molecule has 39 heavy (non-hydrogen) atoms. The first kappa shape index (κ1) is 32.2. The van der Waals surface area contributed by atoms with Crippen LogP contribution in [-0.4, -0.2) is 156 Å². The minimum Gasteiger partial charge on any atom is -0.481 e. The van der Waals surface area contributed by atoms with Gasteiger partial charge < -0.3 is 70.8 Å². The third-order valence-electron chi connectivity index (χ3n) is 7.14. The molecule has 0 saturated carbocycles. The summed E-state index contributed by atoms with van der Waals surface area (Å²) in [7, 11) is 0. The lowest BCUT2D eigenvalue weighted by Crippen LogP contribution is -2.62. The summed E-state index contributed by atoms with van der Waals surface area (Å²) in [6, 6.07) is 0.440. The van der Waals surface area contributed by atoms with Gasteiger partial charge in [0.15, 0.2) is 6.29 Å². The number of aliphatic hydroxyl groups excluding tert-OH is 8. The average Bonchev–Trinajstić information content (AvgIpc) is 3.54. The molecule has 0 aliphatic carbocycles. The van der Waals surface area contributed by atoms with Crippen LogP contribution in [-0.2, 0) is 19.0 Å². The summed E-state index contributed by atoms with van der Waals surface area (Å²) in [5.41, 5.74) is 0. The Bertz CT molecular complexity index is 826. The van der Waals surface area contributed by atoms with E-state index in [0.29, 0.717) is 5.25 Å². The molecule has 0 spiro atoms. The van der Waals surface area contributed by atoms with Crippen LogP contribution in [0.3, 0.4) is 0 Å². The topological polar surface area (TPSA) is 268 Å². The highest BCUT2D eigenvalue weighted by atomic mass is 32.2. The van der Waals surface area contributed by atoms with Gasteiger partial charge in [-0.1, -0.05) is 6.42 Å². The number of urea groups is 1. The van der Waals surface area contributed by atoms with Crippen LogP contribution in [0, 0.1) is 0 Å². The van der Waals surface area contributed by atoms with E-state index in [1.54, 1.807) is 0 Å². The molecule has 0 aromatic rings. The first-order valence-electron chi connectivity index (χ1n) is 12.6. The molecule has 4 saturated heterocycles. The molecule has 4 aliphatic heterocycles. The van der Waals surface area contributed by atoms with Crippen LogP contribution < -0.4 is 10.6 Å². The van der Waals surface area contributed by atoms with E-state index < -0.39 is 80.6 Å². The van der Waals surface area contributed by atoms with Crippen molar-refractivity contribution in [2.45, 2.75) is 97.8 Å². The number of carboxylic acids is 1. The average molecular weight is 587 g/mol. The Morgan fingerprint density at radius 3 is 2.26 bits per heavy atom. The van der Waals surface area contributed by atoms with Crippen molar-refractivity contribution < 1.29 is 69.8 Å². The summed E-state index contributed by atoms with van der Waals surface area (Å²) in [4.78, 5) is 21.5. The van der Waals surface area contributed by atoms with E-state index in [2.05, 4.69) is 10.6 Å². The zero-order valence-electron chi connectivity index (χ0n) is 21.0. The van der Waals surface area contributed by atoms with Gasteiger partial charge >= 0.3 is 12.0 Å². The van der Waals surface area contributed by atoms with Crippen LogP contribution in [0.4, 0.5) is 4.79 Å². The van der Waals surface area contributed by atoms with Gasteiger partial charge in [0.25, 0.3) is 0 Å². The number of carboxylic acid groups (broad SMARTS) is 1. The molecular weight excluding hydrogens is 548 g/mol. The number of ether oxygens (including phenoxy) is 3. The Hall–Kier alpha value is -1.35. The van der Waals surface area contributed by atoms with Crippen molar-refractivity contribution in [1.29, 1.82) is 0 Å². The maximum Gasteiger partial charge on any atom is 0.315 e. The number of unbranched alkanes of at least 4 members (excludes halogenated alkanes) is 1. The Morgan fingerprint density at radius 2 is 1.67 bits per heavy atom. The molecule has 0 bridgehead atoms. The molecule has 17 heteroatoms. The van der Waals surface area contributed by atoms with Crippen LogP contribution in [0.25, 0.3) is 0 Å². The Balaban J connectivity index is 0.000000230. The van der Waals surface area contributed by atoms with E-state index in [0.717, 1.165) is 25.0 Å². The van der Waals surface area contributed by atoms with Crippen molar-refractivity contribution in [3.63, 3.8) is 0 Å². The lowest BCUT2D eigenvalue weighted by molar-refractivity contribution is -0.383. The Morgan fingerprint density at radius 1 is 0.974 bits per heavy atom. The molecular formula is C22H38N2O14S. The predicted molar refractivity (Wildman–Crippen MR) is 130 cm³/mol. The van der Waals surface area contributed by atoms with Gasteiger partial charge in [0.2, 0.25) is 5.79 Å². The smallest absolute Gasteiger partial charge is 0.315 e. The van der Waals surface area contributed by atoms with Gasteiger partial charge in [-0.2, -0.15) is 11.8 Å². The van der Waals surface area contributed by atoms with Gasteiger partial charge in [-0.05, 0) is 12.8 Å². The number of carbonyl (C=O) groups excluding carboxylic acids is 1. The summed E-state index contributed by atoms with van der Waals surface area (Å²) in [5, 5.41) is 91.4. The molecule has 4 fully saturated rings. The quantitative estimate of drug-likeness (QED) is 0.0849. The van der Waals surface area contributed by atoms with Crippen LogP contribution >= 0.6 is 11.8 Å². The molecule has 0 radical (unpaired) electrons. The zero-order chi connectivity index (χ0) is 28.9. The summed E-state index contributed by atoms with van der Waals surface area (Å²) < 4.78 is 15.4. The fourth-order valence-electron chi connectivity index (χ4n) is 4.90. The molecule has 4 rings (SSSR count). The van der Waals surface area contributed by atoms with Gasteiger partial charge in [0.1, 0.15) is 49.3 Å². The van der Waals surface area contributed by atoms with Crippen molar-refractivity contribution in [3.05, 3.63) is 0 Å². The number of amides is 2. The Labute approximate surface area is 227 Å². The maximum atomic E-state index is 11.1. The predicted octanol–water partition coefficient (Wildman–Crippen LogP) is -4.60. The third-order valence-corrected chi connectivity index (χ3v) is 8.65. The number of carbonyl (C=O) groups is 2. The highest BCUT2D eigenvalue weighted by molar-refractivity contribution is 8.00. The minimum absolute atomic E-state index is 0.0640. The fraction of sp³-hybridized carbons (Fsp3) is 0.909. The van der Waals surface area contributed by atoms with Crippen LogP contribution in [0.5, 0.6) is 0 Å². The van der Waals surface area contributed by atoms with Crippen molar-refractivity contribution in [1.82, 2.24) is 10.6 Å². The minimum atomic E-state index is -2.22. The van der Waals surface area contributed by atoms with E-state index in [1.807, 2.05) is 11.8 Å². The van der Waals surface area contributed by atoms with E-state index in [-0.39, 0.29) is 24.5 Å². The fourth-order valence-corrected chi connectivity index (χ4v) is 6.44.